The molecule has 3 heteroatoms. The molecular formula is C16H23NO2. The second kappa shape index (κ2) is 5.83. The quantitative estimate of drug-likeness (QED) is 0.832. The highest BCUT2D eigenvalue weighted by Crippen LogP contribution is 2.40. The largest absolute Gasteiger partial charge is 0.486 e. The summed E-state index contributed by atoms with van der Waals surface area (Å²) in [7, 11) is 0. The molecule has 1 heterocycles. The van der Waals surface area contributed by atoms with E-state index >= 15 is 0 Å². The van der Waals surface area contributed by atoms with Crippen molar-refractivity contribution in [2.45, 2.75) is 38.0 Å². The lowest BCUT2D eigenvalue weighted by Gasteiger charge is -2.26. The van der Waals surface area contributed by atoms with E-state index in [4.69, 9.17) is 15.2 Å². The molecule has 0 radical (unpaired) electrons. The topological polar surface area (TPSA) is 44.5 Å². The Balaban J connectivity index is 1.86. The molecule has 0 spiro atoms. The molecule has 2 atom stereocenters. The molecule has 1 saturated carbocycles. The molecule has 1 aliphatic heterocycles. The minimum absolute atomic E-state index is 0.586. The van der Waals surface area contributed by atoms with Crippen LogP contribution in [0.3, 0.4) is 0 Å². The van der Waals surface area contributed by atoms with Gasteiger partial charge in [0.15, 0.2) is 11.5 Å². The summed E-state index contributed by atoms with van der Waals surface area (Å²) in [5.41, 5.74) is 7.36. The van der Waals surface area contributed by atoms with E-state index in [-0.39, 0.29) is 0 Å². The van der Waals surface area contributed by atoms with Crippen LogP contribution in [0, 0.1) is 5.92 Å². The average Bonchev–Trinajstić information content (AvgIpc) is 2.72. The lowest BCUT2D eigenvalue weighted by molar-refractivity contribution is 0.171. The zero-order valence-electron chi connectivity index (χ0n) is 11.4. The van der Waals surface area contributed by atoms with Crippen LogP contribution in [-0.4, -0.2) is 19.8 Å². The maximum absolute atomic E-state index is 5.98. The molecule has 1 aliphatic carbocycles. The molecule has 3 nitrogen and oxygen atoms in total. The fraction of sp³-hybridized carbons (Fsp3) is 0.625. The van der Waals surface area contributed by atoms with Crippen LogP contribution in [0.4, 0.5) is 0 Å². The van der Waals surface area contributed by atoms with Crippen LogP contribution in [0.2, 0.25) is 0 Å². The lowest BCUT2D eigenvalue weighted by Crippen LogP contribution is -2.21. The first kappa shape index (κ1) is 12.8. The molecule has 3 rings (SSSR count). The van der Waals surface area contributed by atoms with Gasteiger partial charge in [-0.15, -0.1) is 0 Å². The standard InChI is InChI=1S/C16H23NO2/c17-11-13-4-2-1-3-5-14(13)12-6-7-15-16(10-12)19-9-8-18-15/h6-7,10,13-14H,1-5,8-9,11,17H2. The van der Waals surface area contributed by atoms with Gasteiger partial charge < -0.3 is 15.2 Å². The number of fused-ring (bicyclic) bond motifs is 1. The molecule has 2 N–H and O–H groups in total. The van der Waals surface area contributed by atoms with Gasteiger partial charge >= 0.3 is 0 Å². The molecule has 0 saturated heterocycles. The molecule has 1 fully saturated rings. The van der Waals surface area contributed by atoms with Gasteiger partial charge in [0.2, 0.25) is 0 Å². The third-order valence-electron chi connectivity index (χ3n) is 4.46. The van der Waals surface area contributed by atoms with Crippen LogP contribution in [-0.2, 0) is 0 Å². The molecule has 0 aromatic heterocycles. The fourth-order valence-electron chi connectivity index (χ4n) is 3.40. The highest BCUT2D eigenvalue weighted by molar-refractivity contribution is 5.45. The molecule has 0 amide bonds. The second-order valence-corrected chi connectivity index (χ2v) is 5.64. The smallest absolute Gasteiger partial charge is 0.161 e. The zero-order chi connectivity index (χ0) is 13.1. The molecule has 2 unspecified atom stereocenters. The van der Waals surface area contributed by atoms with Crippen LogP contribution in [0.15, 0.2) is 18.2 Å². The van der Waals surface area contributed by atoms with Gasteiger partial charge in [0, 0.05) is 0 Å². The minimum Gasteiger partial charge on any atom is -0.486 e. The highest BCUT2D eigenvalue weighted by Gasteiger charge is 2.25. The lowest BCUT2D eigenvalue weighted by atomic mass is 9.82. The van der Waals surface area contributed by atoms with Gasteiger partial charge in [0.05, 0.1) is 0 Å². The summed E-state index contributed by atoms with van der Waals surface area (Å²) in [6.45, 7) is 2.10. The number of hydrogen-bond acceptors (Lipinski definition) is 3. The number of hydrogen-bond donors (Lipinski definition) is 1. The Bertz CT molecular complexity index is 433. The van der Waals surface area contributed by atoms with E-state index in [1.54, 1.807) is 0 Å². The van der Waals surface area contributed by atoms with E-state index in [0.29, 0.717) is 25.0 Å². The summed E-state index contributed by atoms with van der Waals surface area (Å²) in [5, 5.41) is 0. The Morgan fingerprint density at radius 3 is 2.63 bits per heavy atom. The number of rotatable bonds is 2. The monoisotopic (exact) mass is 261 g/mol. The summed E-state index contributed by atoms with van der Waals surface area (Å²) in [5.74, 6) is 2.99. The van der Waals surface area contributed by atoms with Gasteiger partial charge in [-0.1, -0.05) is 25.3 Å². The van der Waals surface area contributed by atoms with Gasteiger partial charge in [-0.25, -0.2) is 0 Å². The van der Waals surface area contributed by atoms with Crippen molar-refractivity contribution in [1.29, 1.82) is 0 Å². The van der Waals surface area contributed by atoms with Crippen LogP contribution in [0.5, 0.6) is 11.5 Å². The Kier molecular flexibility index (Phi) is 3.92. The first-order valence-electron chi connectivity index (χ1n) is 7.48. The Labute approximate surface area is 115 Å². The van der Waals surface area contributed by atoms with Crippen molar-refractivity contribution in [2.75, 3.05) is 19.8 Å². The third kappa shape index (κ3) is 2.71. The summed E-state index contributed by atoms with van der Waals surface area (Å²) >= 11 is 0. The van der Waals surface area contributed by atoms with Crippen molar-refractivity contribution in [1.82, 2.24) is 0 Å². The summed E-state index contributed by atoms with van der Waals surface area (Å²) in [6, 6.07) is 6.43. The molecule has 104 valence electrons. The van der Waals surface area contributed by atoms with E-state index in [9.17, 15) is 0 Å². The summed E-state index contributed by atoms with van der Waals surface area (Å²) in [6.07, 6.45) is 6.49. The molecule has 2 aliphatic rings. The zero-order valence-corrected chi connectivity index (χ0v) is 11.4. The second-order valence-electron chi connectivity index (χ2n) is 5.64. The van der Waals surface area contributed by atoms with Gasteiger partial charge in [0.1, 0.15) is 13.2 Å². The molecule has 0 bridgehead atoms. The summed E-state index contributed by atoms with van der Waals surface area (Å²) in [4.78, 5) is 0. The Hall–Kier alpha value is -1.22. The SMILES string of the molecule is NCC1CCCCCC1c1ccc2c(c1)OCCO2. The van der Waals surface area contributed by atoms with Crippen LogP contribution in [0.25, 0.3) is 0 Å². The molecular weight excluding hydrogens is 238 g/mol. The van der Waals surface area contributed by atoms with Crippen molar-refractivity contribution in [3.05, 3.63) is 23.8 Å². The number of nitrogens with two attached hydrogens (primary N) is 1. The third-order valence-corrected chi connectivity index (χ3v) is 4.46. The van der Waals surface area contributed by atoms with E-state index < -0.39 is 0 Å². The van der Waals surface area contributed by atoms with Gasteiger partial charge in [-0.3, -0.25) is 0 Å². The number of ether oxygens (including phenoxy) is 2. The van der Waals surface area contributed by atoms with Crippen LogP contribution in [0.1, 0.15) is 43.6 Å². The van der Waals surface area contributed by atoms with Gasteiger partial charge in [-0.2, -0.15) is 0 Å². The first-order valence-corrected chi connectivity index (χ1v) is 7.48. The van der Waals surface area contributed by atoms with Crippen LogP contribution < -0.4 is 15.2 Å². The summed E-state index contributed by atoms with van der Waals surface area (Å²) < 4.78 is 11.3. The Morgan fingerprint density at radius 2 is 1.79 bits per heavy atom. The van der Waals surface area contributed by atoms with E-state index in [2.05, 4.69) is 18.2 Å². The minimum atomic E-state index is 0.586. The molecule has 19 heavy (non-hydrogen) atoms. The highest BCUT2D eigenvalue weighted by atomic mass is 16.6. The predicted octanol–water partition coefficient (Wildman–Crippen LogP) is 3.08. The molecule has 1 aromatic rings. The van der Waals surface area contributed by atoms with Gasteiger partial charge in [-0.05, 0) is 48.9 Å². The van der Waals surface area contributed by atoms with Crippen molar-refractivity contribution in [3.8, 4) is 11.5 Å². The van der Waals surface area contributed by atoms with Crippen molar-refractivity contribution >= 4 is 0 Å². The van der Waals surface area contributed by atoms with E-state index in [1.807, 2.05) is 0 Å². The fourth-order valence-corrected chi connectivity index (χ4v) is 3.40. The van der Waals surface area contributed by atoms with E-state index in [1.165, 1.54) is 37.7 Å². The molecule has 1 aromatic carbocycles. The first-order chi connectivity index (χ1) is 9.38. The van der Waals surface area contributed by atoms with E-state index in [0.717, 1.165) is 18.0 Å². The van der Waals surface area contributed by atoms with Crippen molar-refractivity contribution < 1.29 is 9.47 Å². The van der Waals surface area contributed by atoms with Gasteiger partial charge in [0.25, 0.3) is 0 Å². The predicted molar refractivity (Wildman–Crippen MR) is 75.8 cm³/mol. The normalized spacial score (nSPS) is 26.8. The average molecular weight is 261 g/mol. The Morgan fingerprint density at radius 1 is 1.00 bits per heavy atom. The maximum Gasteiger partial charge on any atom is 0.161 e. The number of benzene rings is 1. The van der Waals surface area contributed by atoms with Crippen molar-refractivity contribution in [2.24, 2.45) is 11.7 Å². The van der Waals surface area contributed by atoms with Crippen LogP contribution >= 0.6 is 0 Å². The van der Waals surface area contributed by atoms with Crippen molar-refractivity contribution in [3.63, 3.8) is 0 Å². The maximum atomic E-state index is 5.98.